The molecule has 1 saturated heterocycles. The summed E-state index contributed by atoms with van der Waals surface area (Å²) >= 11 is 0. The van der Waals surface area contributed by atoms with Crippen molar-refractivity contribution in [3.8, 4) is 0 Å². The van der Waals surface area contributed by atoms with Crippen LogP contribution in [0.5, 0.6) is 0 Å². The zero-order chi connectivity index (χ0) is 9.14. The van der Waals surface area contributed by atoms with Gasteiger partial charge in [-0.25, -0.2) is 4.79 Å². The highest BCUT2D eigenvalue weighted by Crippen LogP contribution is 2.06. The van der Waals surface area contributed by atoms with Gasteiger partial charge in [0.2, 0.25) is 7.98 Å². The van der Waals surface area contributed by atoms with Gasteiger partial charge in [0.05, 0.1) is 12.4 Å². The van der Waals surface area contributed by atoms with Gasteiger partial charge in [0.15, 0.2) is 0 Å². The van der Waals surface area contributed by atoms with Crippen LogP contribution in [0.1, 0.15) is 6.92 Å². The first-order valence-corrected chi connectivity index (χ1v) is 3.80. The molecule has 1 amide bonds. The van der Waals surface area contributed by atoms with E-state index in [0.29, 0.717) is 18.9 Å². The second-order valence-electron chi connectivity index (χ2n) is 2.89. The van der Waals surface area contributed by atoms with E-state index in [0.717, 1.165) is 0 Å². The van der Waals surface area contributed by atoms with Crippen molar-refractivity contribution in [1.29, 1.82) is 5.41 Å². The predicted molar refractivity (Wildman–Crippen MR) is 46.9 cm³/mol. The largest absolute Gasteiger partial charge is 0.443 e. The van der Waals surface area contributed by atoms with Gasteiger partial charge in [0.25, 0.3) is 0 Å². The number of carbonyl (C=O) groups is 1. The highest BCUT2D eigenvalue weighted by Gasteiger charge is 2.27. The van der Waals surface area contributed by atoms with Crippen LogP contribution >= 0.6 is 0 Å². The summed E-state index contributed by atoms with van der Waals surface area (Å²) in [7, 11) is 1.69. The van der Waals surface area contributed by atoms with E-state index < -0.39 is 0 Å². The molecule has 5 nitrogen and oxygen atoms in total. The normalized spacial score (nSPS) is 22.2. The van der Waals surface area contributed by atoms with Gasteiger partial charge in [-0.05, 0) is 6.92 Å². The minimum atomic E-state index is -0.288. The highest BCUT2D eigenvalue weighted by atomic mass is 16.6. The smallest absolute Gasteiger partial charge is 0.397 e. The molecule has 1 rings (SSSR count). The van der Waals surface area contributed by atoms with Crippen LogP contribution in [0.25, 0.3) is 0 Å². The van der Waals surface area contributed by atoms with Crippen LogP contribution in [-0.2, 0) is 4.74 Å². The molecule has 0 spiro atoms. The molecule has 0 saturated carbocycles. The van der Waals surface area contributed by atoms with E-state index in [2.05, 4.69) is 5.32 Å². The number of carbonyl (C=O) groups excluding carboxylic acids is 1. The van der Waals surface area contributed by atoms with Crippen LogP contribution in [0.15, 0.2) is 0 Å². The molecule has 2 N–H and O–H groups in total. The van der Waals surface area contributed by atoms with Crippen molar-refractivity contribution in [3.63, 3.8) is 0 Å². The fourth-order valence-corrected chi connectivity index (χ4v) is 1.02. The second kappa shape index (κ2) is 3.47. The number of nitrogens with one attached hydrogen (secondary N) is 2. The van der Waals surface area contributed by atoms with Gasteiger partial charge in [-0.3, -0.25) is 5.41 Å². The number of ether oxygens (including phenoxy) is 1. The maximum absolute atomic E-state index is 10.9. The molecular weight excluding hydrogens is 157 g/mol. The van der Waals surface area contributed by atoms with E-state index in [4.69, 9.17) is 10.1 Å². The lowest BCUT2D eigenvalue weighted by Crippen LogP contribution is -2.32. The summed E-state index contributed by atoms with van der Waals surface area (Å²) in [6, 6.07) is 0. The van der Waals surface area contributed by atoms with Gasteiger partial charge in [0, 0.05) is 6.54 Å². The van der Waals surface area contributed by atoms with Crippen molar-refractivity contribution in [2.45, 2.75) is 13.0 Å². The van der Waals surface area contributed by atoms with Crippen LogP contribution < -0.4 is 5.32 Å². The second-order valence-corrected chi connectivity index (χ2v) is 2.89. The summed E-state index contributed by atoms with van der Waals surface area (Å²) in [5.41, 5.74) is 0. The minimum absolute atomic E-state index is 0.122. The maximum Gasteiger partial charge on any atom is 0.397 e. The van der Waals surface area contributed by atoms with E-state index in [1.807, 2.05) is 0 Å². The Kier molecular flexibility index (Phi) is 2.57. The zero-order valence-electron chi connectivity index (χ0n) is 7.26. The fraction of sp³-hybridized carbons (Fsp3) is 0.667. The third kappa shape index (κ3) is 2.15. The molecule has 1 fully saturated rings. The Hall–Kier alpha value is -1.20. The molecule has 0 radical (unpaired) electrons. The van der Waals surface area contributed by atoms with Gasteiger partial charge in [-0.15, -0.1) is 0 Å². The van der Waals surface area contributed by atoms with Crippen molar-refractivity contribution in [3.05, 3.63) is 0 Å². The molecule has 1 aliphatic heterocycles. The van der Waals surface area contributed by atoms with Gasteiger partial charge >= 0.3 is 6.09 Å². The van der Waals surface area contributed by atoms with Crippen LogP contribution in [0, 0.1) is 5.41 Å². The predicted octanol–water partition coefficient (Wildman–Crippen LogP) is -1.06. The molecular formula is C6H12BN3O2. The monoisotopic (exact) mass is 169 g/mol. The summed E-state index contributed by atoms with van der Waals surface area (Å²) in [5, 5.41) is 9.90. The molecule has 0 aliphatic carbocycles. The Labute approximate surface area is 72.0 Å². The van der Waals surface area contributed by atoms with Crippen LogP contribution in [0.2, 0.25) is 0 Å². The van der Waals surface area contributed by atoms with Crippen LogP contribution in [0.4, 0.5) is 4.79 Å². The van der Waals surface area contributed by atoms with Crippen molar-refractivity contribution >= 4 is 19.9 Å². The molecule has 0 aromatic rings. The lowest BCUT2D eigenvalue weighted by Gasteiger charge is -2.08. The Balaban J connectivity index is 2.28. The molecule has 12 heavy (non-hydrogen) atoms. The molecule has 0 aromatic carbocycles. The average Bonchev–Trinajstić information content (AvgIpc) is 2.28. The summed E-state index contributed by atoms with van der Waals surface area (Å²) in [6.07, 6.45) is -0.410. The first-order valence-electron chi connectivity index (χ1n) is 3.80. The Morgan fingerprint density at radius 2 is 2.67 bits per heavy atom. The minimum Gasteiger partial charge on any atom is -0.443 e. The van der Waals surface area contributed by atoms with Crippen molar-refractivity contribution in [2.75, 3.05) is 13.1 Å². The lowest BCUT2D eigenvalue weighted by molar-refractivity contribution is 0.138. The number of amidine groups is 1. The first-order chi connectivity index (χ1) is 5.59. The quantitative estimate of drug-likeness (QED) is 0.314. The summed E-state index contributed by atoms with van der Waals surface area (Å²) in [5.74, 6) is 0.389. The van der Waals surface area contributed by atoms with E-state index in [9.17, 15) is 4.79 Å². The van der Waals surface area contributed by atoms with E-state index in [-0.39, 0.29) is 12.2 Å². The molecule has 0 aromatic heterocycles. The Morgan fingerprint density at radius 1 is 2.00 bits per heavy atom. The topological polar surface area (TPSA) is 65.4 Å². The Bertz CT molecular complexity index is 209. The molecule has 1 atom stereocenters. The Morgan fingerprint density at radius 3 is 3.08 bits per heavy atom. The van der Waals surface area contributed by atoms with Crippen molar-refractivity contribution in [1.82, 2.24) is 10.1 Å². The number of nitrogens with zero attached hydrogens (tertiary/aromatic N) is 1. The number of cyclic esters (lactones) is 1. The molecule has 66 valence electrons. The molecule has 1 aliphatic rings. The number of amides is 1. The highest BCUT2D eigenvalue weighted by molar-refractivity contribution is 6.13. The number of hydrogen-bond acceptors (Lipinski definition) is 3. The average molecular weight is 169 g/mol. The lowest BCUT2D eigenvalue weighted by atomic mass is 10.3. The molecule has 0 bridgehead atoms. The van der Waals surface area contributed by atoms with Gasteiger partial charge in [0.1, 0.15) is 6.10 Å². The zero-order valence-corrected chi connectivity index (χ0v) is 7.26. The number of rotatable bonds is 2. The van der Waals surface area contributed by atoms with Gasteiger partial charge in [-0.1, -0.05) is 0 Å². The van der Waals surface area contributed by atoms with Crippen LogP contribution in [0.3, 0.4) is 0 Å². The van der Waals surface area contributed by atoms with E-state index >= 15 is 0 Å². The molecule has 1 heterocycles. The van der Waals surface area contributed by atoms with E-state index in [1.165, 1.54) is 4.81 Å². The SMILES string of the molecule is BN1C[C@H](CNC(C)=N)OC1=O. The maximum atomic E-state index is 10.9. The summed E-state index contributed by atoms with van der Waals surface area (Å²) in [6.45, 7) is 2.77. The fourth-order valence-electron chi connectivity index (χ4n) is 1.02. The standard InChI is InChI=1S/C6H12BN3O2/c1-4(8)9-2-5-3-10(7)6(11)12-5/h5H,2-3,7H2,1H3,(H2,8,9)/t5-/m0/s1. The molecule has 0 unspecified atom stereocenters. The molecule has 6 heteroatoms. The van der Waals surface area contributed by atoms with Gasteiger partial charge < -0.3 is 14.9 Å². The van der Waals surface area contributed by atoms with Crippen LogP contribution in [-0.4, -0.2) is 43.9 Å². The third-order valence-corrected chi connectivity index (χ3v) is 1.65. The van der Waals surface area contributed by atoms with Crippen molar-refractivity contribution in [2.24, 2.45) is 0 Å². The van der Waals surface area contributed by atoms with Crippen molar-refractivity contribution < 1.29 is 9.53 Å². The van der Waals surface area contributed by atoms with Gasteiger partial charge in [-0.2, -0.15) is 0 Å². The van der Waals surface area contributed by atoms with E-state index in [1.54, 1.807) is 14.9 Å². The number of hydrogen-bond donors (Lipinski definition) is 2. The summed E-state index contributed by atoms with van der Waals surface area (Å²) < 4.78 is 4.95. The summed E-state index contributed by atoms with van der Waals surface area (Å²) in [4.78, 5) is 12.4. The third-order valence-electron chi connectivity index (χ3n) is 1.65. The first kappa shape index (κ1) is 8.90.